The number of benzene rings is 2. The van der Waals surface area contributed by atoms with Crippen molar-refractivity contribution in [3.05, 3.63) is 59.7 Å². The molecule has 0 saturated carbocycles. The van der Waals surface area contributed by atoms with Gasteiger partial charge in [-0.3, -0.25) is 9.59 Å². The van der Waals surface area contributed by atoms with E-state index in [0.29, 0.717) is 37.1 Å². The van der Waals surface area contributed by atoms with Crippen LogP contribution in [-0.2, 0) is 0 Å². The van der Waals surface area contributed by atoms with Crippen LogP contribution in [0, 0.1) is 5.92 Å². The molecule has 130 valence electrons. The first-order valence-corrected chi connectivity index (χ1v) is 8.35. The number of ether oxygens (including phenoxy) is 1. The van der Waals surface area contributed by atoms with Gasteiger partial charge in [-0.2, -0.15) is 0 Å². The summed E-state index contributed by atoms with van der Waals surface area (Å²) in [5, 5.41) is 9.83. The maximum atomic E-state index is 12.6. The van der Waals surface area contributed by atoms with Gasteiger partial charge in [-0.05, 0) is 49.2 Å². The normalized spacial score (nSPS) is 15.0. The highest BCUT2D eigenvalue weighted by Crippen LogP contribution is 2.25. The van der Waals surface area contributed by atoms with Gasteiger partial charge in [-0.15, -0.1) is 0 Å². The average molecular weight is 339 g/mol. The lowest BCUT2D eigenvalue weighted by Crippen LogP contribution is -2.40. The Morgan fingerprint density at radius 2 is 1.68 bits per heavy atom. The van der Waals surface area contributed by atoms with E-state index in [4.69, 9.17) is 4.74 Å². The van der Waals surface area contributed by atoms with Crippen molar-refractivity contribution in [2.75, 3.05) is 20.2 Å². The number of phenols is 1. The molecule has 0 radical (unpaired) electrons. The van der Waals surface area contributed by atoms with E-state index in [2.05, 4.69) is 0 Å². The largest absolute Gasteiger partial charge is 0.507 e. The van der Waals surface area contributed by atoms with Gasteiger partial charge in [0, 0.05) is 24.6 Å². The van der Waals surface area contributed by atoms with E-state index in [1.54, 1.807) is 54.5 Å². The second-order valence-electron chi connectivity index (χ2n) is 6.18. The molecule has 3 rings (SSSR count). The zero-order valence-electron chi connectivity index (χ0n) is 14.1. The third kappa shape index (κ3) is 3.65. The SMILES string of the molecule is COc1ccc(C(=O)C2CCN(C(=O)c3ccccc3O)CC2)cc1. The Labute approximate surface area is 146 Å². The van der Waals surface area contributed by atoms with Gasteiger partial charge in [0.15, 0.2) is 5.78 Å². The average Bonchev–Trinajstić information content (AvgIpc) is 2.67. The molecule has 0 bridgehead atoms. The number of piperidine rings is 1. The highest BCUT2D eigenvalue weighted by molar-refractivity contribution is 5.99. The maximum Gasteiger partial charge on any atom is 0.257 e. The fourth-order valence-corrected chi connectivity index (χ4v) is 3.16. The number of phenolic OH excluding ortho intramolecular Hbond substituents is 1. The van der Waals surface area contributed by atoms with Crippen LogP contribution in [0.2, 0.25) is 0 Å². The Kier molecular flexibility index (Phi) is 5.03. The number of amides is 1. The van der Waals surface area contributed by atoms with Gasteiger partial charge in [-0.1, -0.05) is 12.1 Å². The molecule has 5 heteroatoms. The number of methoxy groups -OCH3 is 1. The lowest BCUT2D eigenvalue weighted by Gasteiger charge is -2.31. The van der Waals surface area contributed by atoms with Gasteiger partial charge >= 0.3 is 0 Å². The van der Waals surface area contributed by atoms with E-state index in [0.717, 1.165) is 5.75 Å². The number of hydrogen-bond acceptors (Lipinski definition) is 4. The van der Waals surface area contributed by atoms with Crippen LogP contribution in [0.1, 0.15) is 33.6 Å². The summed E-state index contributed by atoms with van der Waals surface area (Å²) >= 11 is 0. The van der Waals surface area contributed by atoms with Gasteiger partial charge in [0.2, 0.25) is 0 Å². The first-order valence-electron chi connectivity index (χ1n) is 8.35. The number of ketones is 1. The van der Waals surface area contributed by atoms with Crippen molar-refractivity contribution in [3.63, 3.8) is 0 Å². The Bertz CT molecular complexity index is 762. The van der Waals surface area contributed by atoms with Crippen LogP contribution in [0.15, 0.2) is 48.5 Å². The molecule has 25 heavy (non-hydrogen) atoms. The molecule has 0 aromatic heterocycles. The molecule has 0 aliphatic carbocycles. The standard InChI is InChI=1S/C20H21NO4/c1-25-16-8-6-14(7-9-16)19(23)15-10-12-21(13-11-15)20(24)17-4-2-3-5-18(17)22/h2-9,15,22H,10-13H2,1H3. The van der Waals surface area contributed by atoms with Crippen LogP contribution in [0.5, 0.6) is 11.5 Å². The number of para-hydroxylation sites is 1. The molecular weight excluding hydrogens is 318 g/mol. The first-order chi connectivity index (χ1) is 12.1. The molecule has 0 spiro atoms. The number of hydrogen-bond donors (Lipinski definition) is 1. The molecule has 1 heterocycles. The van der Waals surface area contributed by atoms with Crippen LogP contribution >= 0.6 is 0 Å². The van der Waals surface area contributed by atoms with Crippen LogP contribution in [-0.4, -0.2) is 41.9 Å². The maximum absolute atomic E-state index is 12.6. The third-order valence-corrected chi connectivity index (χ3v) is 4.66. The summed E-state index contributed by atoms with van der Waals surface area (Å²) in [7, 11) is 1.59. The van der Waals surface area contributed by atoms with Gasteiger partial charge in [0.25, 0.3) is 5.91 Å². The van der Waals surface area contributed by atoms with E-state index in [1.807, 2.05) is 0 Å². The molecule has 0 atom stereocenters. The molecular formula is C20H21NO4. The van der Waals surface area contributed by atoms with Crippen molar-refractivity contribution in [1.82, 2.24) is 4.90 Å². The minimum absolute atomic E-state index is 0.0102. The van der Waals surface area contributed by atoms with Crippen molar-refractivity contribution in [2.45, 2.75) is 12.8 Å². The van der Waals surface area contributed by atoms with Crippen molar-refractivity contribution in [2.24, 2.45) is 5.92 Å². The highest BCUT2D eigenvalue weighted by atomic mass is 16.5. The lowest BCUT2D eigenvalue weighted by atomic mass is 9.88. The first kappa shape index (κ1) is 17.0. The van der Waals surface area contributed by atoms with Gasteiger partial charge in [0.1, 0.15) is 11.5 Å². The second kappa shape index (κ2) is 7.38. The van der Waals surface area contributed by atoms with Crippen LogP contribution in [0.3, 0.4) is 0 Å². The Morgan fingerprint density at radius 3 is 2.28 bits per heavy atom. The summed E-state index contributed by atoms with van der Waals surface area (Å²) in [5.74, 6) is 0.552. The number of nitrogens with zero attached hydrogens (tertiary/aromatic N) is 1. The smallest absolute Gasteiger partial charge is 0.257 e. The summed E-state index contributed by atoms with van der Waals surface area (Å²) < 4.78 is 5.11. The van der Waals surface area contributed by atoms with Gasteiger partial charge < -0.3 is 14.7 Å². The monoisotopic (exact) mass is 339 g/mol. The van der Waals surface area contributed by atoms with Crippen molar-refractivity contribution >= 4 is 11.7 Å². The summed E-state index contributed by atoms with van der Waals surface area (Å²) in [6, 6.07) is 13.7. The Morgan fingerprint density at radius 1 is 1.04 bits per heavy atom. The molecule has 1 saturated heterocycles. The topological polar surface area (TPSA) is 66.8 Å². The quantitative estimate of drug-likeness (QED) is 0.869. The summed E-state index contributed by atoms with van der Waals surface area (Å²) in [5.41, 5.74) is 0.980. The Hall–Kier alpha value is -2.82. The molecule has 1 fully saturated rings. The fraction of sp³-hybridized carbons (Fsp3) is 0.300. The second-order valence-corrected chi connectivity index (χ2v) is 6.18. The van der Waals surface area contributed by atoms with Crippen molar-refractivity contribution < 1.29 is 19.4 Å². The van der Waals surface area contributed by atoms with Crippen LogP contribution in [0.25, 0.3) is 0 Å². The summed E-state index contributed by atoms with van der Waals surface area (Å²) in [6.45, 7) is 1.03. The van der Waals surface area contributed by atoms with Crippen LogP contribution in [0.4, 0.5) is 0 Å². The number of carbonyl (C=O) groups is 2. The predicted molar refractivity (Wildman–Crippen MR) is 94.1 cm³/mol. The molecule has 5 nitrogen and oxygen atoms in total. The minimum atomic E-state index is -0.187. The molecule has 1 aliphatic rings. The number of carbonyl (C=O) groups excluding carboxylic acids is 2. The van der Waals surface area contributed by atoms with E-state index in [-0.39, 0.29) is 23.4 Å². The lowest BCUT2D eigenvalue weighted by molar-refractivity contribution is 0.0648. The van der Waals surface area contributed by atoms with Crippen molar-refractivity contribution in [3.8, 4) is 11.5 Å². The van der Waals surface area contributed by atoms with E-state index in [1.165, 1.54) is 6.07 Å². The fourth-order valence-electron chi connectivity index (χ4n) is 3.16. The number of aromatic hydroxyl groups is 1. The van der Waals surface area contributed by atoms with Gasteiger partial charge in [0.05, 0.1) is 12.7 Å². The number of likely N-dealkylation sites (tertiary alicyclic amines) is 1. The third-order valence-electron chi connectivity index (χ3n) is 4.66. The minimum Gasteiger partial charge on any atom is -0.507 e. The zero-order valence-corrected chi connectivity index (χ0v) is 14.1. The van der Waals surface area contributed by atoms with Gasteiger partial charge in [-0.25, -0.2) is 0 Å². The predicted octanol–water partition coefficient (Wildman–Crippen LogP) is 3.14. The van der Waals surface area contributed by atoms with E-state index in [9.17, 15) is 14.7 Å². The summed E-state index contributed by atoms with van der Waals surface area (Å²) in [4.78, 5) is 26.8. The molecule has 2 aromatic rings. The zero-order chi connectivity index (χ0) is 17.8. The summed E-state index contributed by atoms with van der Waals surface area (Å²) in [6.07, 6.45) is 1.26. The molecule has 1 amide bonds. The molecule has 0 unspecified atom stereocenters. The Balaban J connectivity index is 1.62. The number of Topliss-reactive ketones (excluding diaryl/α,β-unsaturated/α-hetero) is 1. The van der Waals surface area contributed by atoms with Crippen molar-refractivity contribution in [1.29, 1.82) is 0 Å². The van der Waals surface area contributed by atoms with E-state index < -0.39 is 0 Å². The molecule has 2 aromatic carbocycles. The molecule has 1 N–H and O–H groups in total. The molecule has 1 aliphatic heterocycles. The highest BCUT2D eigenvalue weighted by Gasteiger charge is 2.29. The number of rotatable bonds is 4. The van der Waals surface area contributed by atoms with E-state index >= 15 is 0 Å². The van der Waals surface area contributed by atoms with Crippen LogP contribution < -0.4 is 4.74 Å².